The molecule has 0 aromatic carbocycles. The molecule has 10 unspecified atom stereocenters. The number of halogens is 2. The second-order valence-corrected chi connectivity index (χ2v) is 22.9. The number of hydrogen-bond acceptors (Lipinski definition) is 2. The molecule has 0 amide bonds. The first-order valence-corrected chi connectivity index (χ1v) is 25.1. The first kappa shape index (κ1) is 37.8. The highest BCUT2D eigenvalue weighted by Gasteiger charge is 2.48. The molecule has 50 heavy (non-hydrogen) atoms. The number of hydrogen-bond donors (Lipinski definition) is 0. The molecule has 8 saturated carbocycles. The summed E-state index contributed by atoms with van der Waals surface area (Å²) in [5.74, 6) is 8.00. The van der Waals surface area contributed by atoms with Crippen LogP contribution in [0.1, 0.15) is 194 Å². The summed E-state index contributed by atoms with van der Waals surface area (Å²) in [5, 5.41) is 0. The summed E-state index contributed by atoms with van der Waals surface area (Å²) in [4.78, 5) is 8.13. The summed E-state index contributed by atoms with van der Waals surface area (Å²) in [6, 6.07) is 5.23. The van der Waals surface area contributed by atoms with Gasteiger partial charge in [0.15, 0.2) is 0 Å². The van der Waals surface area contributed by atoms with Crippen molar-refractivity contribution >= 4 is 31.9 Å². The topological polar surface area (TPSA) is 6.48 Å². The Kier molecular flexibility index (Phi) is 13.1. The van der Waals surface area contributed by atoms with Crippen LogP contribution in [-0.2, 0) is 0 Å². The molecule has 0 aliphatic heterocycles. The third-order valence-corrected chi connectivity index (χ3v) is 19.4. The Bertz CT molecular complexity index is 1050. The lowest BCUT2D eigenvalue weighted by Crippen LogP contribution is -2.58. The summed E-state index contributed by atoms with van der Waals surface area (Å²) in [7, 11) is 0. The average Bonchev–Trinajstić information content (AvgIpc) is 3.13. The van der Waals surface area contributed by atoms with Gasteiger partial charge < -0.3 is 0 Å². The predicted octanol–water partition coefficient (Wildman–Crippen LogP) is 13.3. The minimum atomic E-state index is 0.757. The lowest BCUT2D eigenvalue weighted by Gasteiger charge is -2.56. The van der Waals surface area contributed by atoms with Gasteiger partial charge in [0.2, 0.25) is 0 Å². The molecular weight excluding hydrogens is 740 g/mol. The van der Waals surface area contributed by atoms with E-state index in [4.69, 9.17) is 0 Å². The minimum Gasteiger partial charge on any atom is -0.294 e. The van der Waals surface area contributed by atoms with Crippen LogP contribution in [0.2, 0.25) is 0 Å². The van der Waals surface area contributed by atoms with Crippen LogP contribution in [-0.4, -0.2) is 55.7 Å². The van der Waals surface area contributed by atoms with Crippen molar-refractivity contribution in [2.45, 2.75) is 240 Å². The van der Waals surface area contributed by atoms with Gasteiger partial charge in [-0.25, -0.2) is 0 Å². The Morgan fingerprint density at radius 3 is 1.42 bits per heavy atom. The van der Waals surface area contributed by atoms with E-state index in [1.165, 1.54) is 154 Å². The average molecular weight is 819 g/mol. The monoisotopic (exact) mass is 816 g/mol. The molecular formula is C46H78Br2N2. The Morgan fingerprint density at radius 1 is 0.360 bits per heavy atom. The Balaban J connectivity index is 0.923. The predicted molar refractivity (Wildman–Crippen MR) is 220 cm³/mol. The molecule has 4 heteroatoms. The van der Waals surface area contributed by atoms with Gasteiger partial charge in [0.05, 0.1) is 0 Å². The van der Waals surface area contributed by atoms with E-state index in [1.54, 1.807) is 25.7 Å². The molecule has 2 nitrogen and oxygen atoms in total. The van der Waals surface area contributed by atoms with Crippen LogP contribution in [0.15, 0.2) is 0 Å². The van der Waals surface area contributed by atoms with Crippen molar-refractivity contribution in [3.8, 4) is 0 Å². The van der Waals surface area contributed by atoms with Crippen molar-refractivity contribution < 1.29 is 0 Å². The van der Waals surface area contributed by atoms with Crippen LogP contribution >= 0.6 is 31.9 Å². The molecule has 0 heterocycles. The van der Waals surface area contributed by atoms with E-state index < -0.39 is 0 Å². The lowest BCUT2D eigenvalue weighted by molar-refractivity contribution is -0.0584. The standard InChI is InChI=1S/C46H78Br2N2/c1-31-9-4-18-43-42(31)17-8-19-44(43)49(40-15-6-13-36(47)29-40)38-25-21-33(22-26-38)34-23-27-39(28-24-34)50(41-16-7-14-37(48)30-41)45-20-5-12-35-11-3-10-32(2)46(35)45/h31-46H,3-30H2,1-2H3/t31?,32?,33?,34?,35?,36-,37?,38?,39?,40?,41?,42-,43?,44?,45?,46?/m1/s1. The highest BCUT2D eigenvalue weighted by molar-refractivity contribution is 9.09. The summed E-state index contributed by atoms with van der Waals surface area (Å²) in [5.41, 5.74) is 0. The molecule has 286 valence electrons. The van der Waals surface area contributed by atoms with Crippen LogP contribution in [0.25, 0.3) is 0 Å². The summed E-state index contributed by atoms with van der Waals surface area (Å²) in [6.45, 7) is 5.28. The molecule has 12 atom stereocenters. The van der Waals surface area contributed by atoms with Crippen molar-refractivity contribution in [3.05, 3.63) is 0 Å². The second-order valence-electron chi connectivity index (χ2n) is 20.3. The third-order valence-electron chi connectivity index (χ3n) is 17.7. The zero-order valence-electron chi connectivity index (χ0n) is 32.7. The van der Waals surface area contributed by atoms with Crippen LogP contribution < -0.4 is 0 Å². The van der Waals surface area contributed by atoms with Gasteiger partial charge in [-0.3, -0.25) is 9.80 Å². The number of alkyl halides is 2. The van der Waals surface area contributed by atoms with Gasteiger partial charge in [-0.05, 0) is 163 Å². The summed E-state index contributed by atoms with van der Waals surface area (Å²) >= 11 is 8.28. The zero-order valence-corrected chi connectivity index (χ0v) is 35.9. The first-order chi connectivity index (χ1) is 24.4. The molecule has 8 fully saturated rings. The van der Waals surface area contributed by atoms with Gasteiger partial charge in [-0.15, -0.1) is 0 Å². The molecule has 0 N–H and O–H groups in total. The van der Waals surface area contributed by atoms with E-state index in [0.29, 0.717) is 0 Å². The molecule has 0 radical (unpaired) electrons. The van der Waals surface area contributed by atoms with Crippen molar-refractivity contribution in [2.24, 2.45) is 47.3 Å². The maximum Gasteiger partial charge on any atom is 0.0160 e. The summed E-state index contributed by atoms with van der Waals surface area (Å²) < 4.78 is 0. The van der Waals surface area contributed by atoms with Crippen LogP contribution in [0, 0.1) is 47.3 Å². The minimum absolute atomic E-state index is 0.757. The Labute approximate surface area is 326 Å². The van der Waals surface area contributed by atoms with E-state index >= 15 is 0 Å². The van der Waals surface area contributed by atoms with Gasteiger partial charge in [0, 0.05) is 45.9 Å². The molecule has 8 aliphatic rings. The third kappa shape index (κ3) is 8.20. The SMILES string of the molecule is CC1CCCC2CCCC(N(C3CCC(C4CCC(N(C5CCC[C@@H](Br)C5)C5CCC[C@@H]6C(C)CCCC56)CC4)CC3)C3CCCC(Br)C3)C12. The van der Waals surface area contributed by atoms with Crippen LogP contribution in [0.5, 0.6) is 0 Å². The smallest absolute Gasteiger partial charge is 0.0160 e. The maximum atomic E-state index is 4.14. The second kappa shape index (κ2) is 17.3. The van der Waals surface area contributed by atoms with Crippen molar-refractivity contribution in [1.29, 1.82) is 0 Å². The highest BCUT2D eigenvalue weighted by Crippen LogP contribution is 2.51. The van der Waals surface area contributed by atoms with Gasteiger partial charge in [-0.2, -0.15) is 0 Å². The number of nitrogens with zero attached hydrogens (tertiary/aromatic N) is 2. The van der Waals surface area contributed by atoms with Gasteiger partial charge in [0.25, 0.3) is 0 Å². The Hall–Kier alpha value is 0.880. The zero-order chi connectivity index (χ0) is 34.2. The van der Waals surface area contributed by atoms with E-state index in [-0.39, 0.29) is 0 Å². The highest BCUT2D eigenvalue weighted by atomic mass is 79.9. The molecule has 0 saturated heterocycles. The van der Waals surface area contributed by atoms with Gasteiger partial charge in [0.1, 0.15) is 0 Å². The fourth-order valence-corrected chi connectivity index (χ4v) is 17.0. The van der Waals surface area contributed by atoms with Crippen molar-refractivity contribution in [2.75, 3.05) is 0 Å². The van der Waals surface area contributed by atoms with E-state index in [9.17, 15) is 0 Å². The molecule has 0 aromatic rings. The van der Waals surface area contributed by atoms with E-state index in [1.807, 2.05) is 0 Å². The van der Waals surface area contributed by atoms with E-state index in [2.05, 4.69) is 55.5 Å². The Morgan fingerprint density at radius 2 is 0.820 bits per heavy atom. The normalized spacial score (nSPS) is 49.3. The van der Waals surface area contributed by atoms with Gasteiger partial charge in [-0.1, -0.05) is 110 Å². The number of rotatable bonds is 7. The quantitative estimate of drug-likeness (QED) is 0.236. The van der Waals surface area contributed by atoms with E-state index in [0.717, 1.165) is 93.2 Å². The molecule has 0 aromatic heterocycles. The first-order valence-electron chi connectivity index (χ1n) is 23.3. The fourth-order valence-electron chi connectivity index (χ4n) is 15.5. The fraction of sp³-hybridized carbons (Fsp3) is 1.00. The molecule has 0 spiro atoms. The van der Waals surface area contributed by atoms with Gasteiger partial charge >= 0.3 is 0 Å². The molecule has 0 bridgehead atoms. The van der Waals surface area contributed by atoms with Crippen LogP contribution in [0.3, 0.4) is 0 Å². The summed E-state index contributed by atoms with van der Waals surface area (Å²) in [6.07, 6.45) is 41.9. The number of fused-ring (bicyclic) bond motifs is 2. The maximum absolute atomic E-state index is 4.14. The molecule has 8 aliphatic carbocycles. The van der Waals surface area contributed by atoms with Crippen molar-refractivity contribution in [1.82, 2.24) is 9.80 Å². The lowest BCUT2D eigenvalue weighted by atomic mass is 9.62. The van der Waals surface area contributed by atoms with Crippen LogP contribution in [0.4, 0.5) is 0 Å². The largest absolute Gasteiger partial charge is 0.294 e. The van der Waals surface area contributed by atoms with Crippen molar-refractivity contribution in [3.63, 3.8) is 0 Å². The molecule has 8 rings (SSSR count).